The van der Waals surface area contributed by atoms with Crippen molar-refractivity contribution < 1.29 is 0 Å². The van der Waals surface area contributed by atoms with Crippen molar-refractivity contribution in [3.8, 4) is 0 Å². The molecule has 0 spiro atoms. The summed E-state index contributed by atoms with van der Waals surface area (Å²) in [6.07, 6.45) is 0. The van der Waals surface area contributed by atoms with Gasteiger partial charge in [0.1, 0.15) is 0 Å². The van der Waals surface area contributed by atoms with Gasteiger partial charge in [-0.3, -0.25) is 0 Å². The Morgan fingerprint density at radius 3 is 2.44 bits per heavy atom. The largest absolute Gasteiger partial charge is 0.309 e. The molecule has 0 aromatic carbocycles. The normalized spacial score (nSPS) is 13.0. The Balaban J connectivity index is 2.44. The van der Waals surface area contributed by atoms with E-state index >= 15 is 0 Å². The molecule has 1 nitrogen and oxygen atoms in total. The van der Waals surface area contributed by atoms with Crippen molar-refractivity contribution in [2.75, 3.05) is 7.05 Å². The summed E-state index contributed by atoms with van der Waals surface area (Å²) in [5, 5.41) is 5.60. The highest BCUT2D eigenvalue weighted by molar-refractivity contribution is 7.12. The molecule has 0 saturated carbocycles. The lowest BCUT2D eigenvalue weighted by Gasteiger charge is -2.16. The quantitative estimate of drug-likeness (QED) is 0.868. The van der Waals surface area contributed by atoms with E-state index in [0.717, 1.165) is 0 Å². The molecule has 1 unspecified atom stereocenters. The number of nitrogens with one attached hydrogen (secondary N) is 1. The van der Waals surface area contributed by atoms with E-state index in [1.165, 1.54) is 25.8 Å². The van der Waals surface area contributed by atoms with Crippen LogP contribution < -0.4 is 5.32 Å². The molecule has 0 aliphatic rings. The lowest BCUT2D eigenvalue weighted by atomic mass is 10.0. The van der Waals surface area contributed by atoms with E-state index in [1.807, 2.05) is 29.7 Å². The van der Waals surface area contributed by atoms with Gasteiger partial charge in [0.2, 0.25) is 0 Å². The molecule has 2 rings (SSSR count). The highest BCUT2D eigenvalue weighted by atomic mass is 32.1. The maximum absolute atomic E-state index is 3.43. The van der Waals surface area contributed by atoms with E-state index in [9.17, 15) is 0 Å². The topological polar surface area (TPSA) is 12.0 Å². The summed E-state index contributed by atoms with van der Waals surface area (Å²) in [6.45, 7) is 6.57. The van der Waals surface area contributed by atoms with Crippen LogP contribution in [0.4, 0.5) is 0 Å². The summed E-state index contributed by atoms with van der Waals surface area (Å²) in [5.74, 6) is 0. The van der Waals surface area contributed by atoms with Gasteiger partial charge in [-0.05, 0) is 56.5 Å². The second-order valence-electron chi connectivity index (χ2n) is 4.06. The highest BCUT2D eigenvalue weighted by Gasteiger charge is 2.18. The van der Waals surface area contributed by atoms with E-state index in [4.69, 9.17) is 0 Å². The SMILES string of the molecule is CNC(c1cc(C)sc1C)c1sccc1C. The molecule has 0 radical (unpaired) electrons. The Kier molecular flexibility index (Phi) is 3.47. The first kappa shape index (κ1) is 11.8. The zero-order valence-electron chi connectivity index (χ0n) is 10.1. The molecule has 86 valence electrons. The van der Waals surface area contributed by atoms with Crippen LogP contribution in [0.1, 0.15) is 31.8 Å². The molecule has 0 fully saturated rings. The molecule has 0 aliphatic carbocycles. The van der Waals surface area contributed by atoms with Crippen LogP contribution >= 0.6 is 22.7 Å². The van der Waals surface area contributed by atoms with Crippen LogP contribution in [0.25, 0.3) is 0 Å². The van der Waals surface area contributed by atoms with E-state index in [0.29, 0.717) is 6.04 Å². The molecule has 2 aromatic heterocycles. The highest BCUT2D eigenvalue weighted by Crippen LogP contribution is 2.34. The standard InChI is InChI=1S/C13H17NS2/c1-8-5-6-15-13(8)12(14-4)11-7-9(2)16-10(11)3/h5-7,12,14H,1-4H3. The van der Waals surface area contributed by atoms with Gasteiger partial charge in [-0.1, -0.05) is 0 Å². The summed E-state index contributed by atoms with van der Waals surface area (Å²) in [5.41, 5.74) is 2.81. The summed E-state index contributed by atoms with van der Waals surface area (Å²) in [4.78, 5) is 4.25. The fourth-order valence-corrected chi connectivity index (χ4v) is 4.06. The second-order valence-corrected chi connectivity index (χ2v) is 6.47. The van der Waals surface area contributed by atoms with Gasteiger partial charge in [-0.25, -0.2) is 0 Å². The molecule has 0 saturated heterocycles. The minimum atomic E-state index is 0.352. The van der Waals surface area contributed by atoms with E-state index in [-0.39, 0.29) is 0 Å². The van der Waals surface area contributed by atoms with Gasteiger partial charge in [0.05, 0.1) is 6.04 Å². The van der Waals surface area contributed by atoms with Gasteiger partial charge in [0, 0.05) is 14.6 Å². The van der Waals surface area contributed by atoms with Crippen molar-refractivity contribution in [1.29, 1.82) is 0 Å². The minimum Gasteiger partial charge on any atom is -0.309 e. The molecule has 0 amide bonds. The van der Waals surface area contributed by atoms with Gasteiger partial charge in [0.25, 0.3) is 0 Å². The summed E-state index contributed by atoms with van der Waals surface area (Å²) in [7, 11) is 2.04. The average Bonchev–Trinajstić information content (AvgIpc) is 2.77. The maximum atomic E-state index is 3.43. The molecule has 2 aromatic rings. The average molecular weight is 251 g/mol. The zero-order valence-corrected chi connectivity index (χ0v) is 11.8. The fraction of sp³-hybridized carbons (Fsp3) is 0.385. The third-order valence-electron chi connectivity index (χ3n) is 2.84. The first-order valence-corrected chi connectivity index (χ1v) is 7.11. The Morgan fingerprint density at radius 2 is 2.00 bits per heavy atom. The summed E-state index contributed by atoms with van der Waals surface area (Å²) >= 11 is 3.72. The molecule has 0 bridgehead atoms. The molecular weight excluding hydrogens is 234 g/mol. The van der Waals surface area contributed by atoms with E-state index < -0.39 is 0 Å². The van der Waals surface area contributed by atoms with Crippen molar-refractivity contribution in [2.45, 2.75) is 26.8 Å². The molecule has 1 N–H and O–H groups in total. The van der Waals surface area contributed by atoms with Crippen molar-refractivity contribution in [2.24, 2.45) is 0 Å². The molecule has 2 heterocycles. The van der Waals surface area contributed by atoms with Gasteiger partial charge < -0.3 is 5.32 Å². The van der Waals surface area contributed by atoms with Gasteiger partial charge in [-0.2, -0.15) is 0 Å². The van der Waals surface area contributed by atoms with Crippen LogP contribution in [0.5, 0.6) is 0 Å². The summed E-state index contributed by atoms with van der Waals surface area (Å²) < 4.78 is 0. The third-order valence-corrected chi connectivity index (χ3v) is 4.91. The van der Waals surface area contributed by atoms with E-state index in [2.05, 4.69) is 43.6 Å². The lowest BCUT2D eigenvalue weighted by Crippen LogP contribution is -2.17. The summed E-state index contributed by atoms with van der Waals surface area (Å²) in [6, 6.07) is 4.85. The number of thiophene rings is 2. The van der Waals surface area contributed by atoms with E-state index in [1.54, 1.807) is 0 Å². The Labute approximate surface area is 105 Å². The van der Waals surface area contributed by atoms with Gasteiger partial charge >= 0.3 is 0 Å². The van der Waals surface area contributed by atoms with Crippen molar-refractivity contribution in [3.05, 3.63) is 43.3 Å². The lowest BCUT2D eigenvalue weighted by molar-refractivity contribution is 0.699. The number of rotatable bonds is 3. The van der Waals surface area contributed by atoms with Gasteiger partial charge in [0.15, 0.2) is 0 Å². The monoisotopic (exact) mass is 251 g/mol. The molecule has 3 heteroatoms. The van der Waals surface area contributed by atoms with Gasteiger partial charge in [-0.15, -0.1) is 22.7 Å². The van der Waals surface area contributed by atoms with Crippen molar-refractivity contribution >= 4 is 22.7 Å². The molecule has 16 heavy (non-hydrogen) atoms. The molecule has 1 atom stereocenters. The minimum absolute atomic E-state index is 0.352. The van der Waals surface area contributed by atoms with Crippen LogP contribution in [0, 0.1) is 20.8 Å². The predicted molar refractivity (Wildman–Crippen MR) is 73.8 cm³/mol. The van der Waals surface area contributed by atoms with Crippen LogP contribution in [0.2, 0.25) is 0 Å². The first-order valence-electron chi connectivity index (χ1n) is 5.41. The smallest absolute Gasteiger partial charge is 0.0682 e. The first-order chi connectivity index (χ1) is 7.63. The Hall–Kier alpha value is -0.640. The third kappa shape index (κ3) is 2.08. The Morgan fingerprint density at radius 1 is 1.25 bits per heavy atom. The van der Waals surface area contributed by atoms with Crippen molar-refractivity contribution in [3.63, 3.8) is 0 Å². The van der Waals surface area contributed by atoms with Crippen molar-refractivity contribution in [1.82, 2.24) is 5.32 Å². The zero-order chi connectivity index (χ0) is 11.7. The van der Waals surface area contributed by atoms with Crippen LogP contribution in [0.3, 0.4) is 0 Å². The number of hydrogen-bond acceptors (Lipinski definition) is 3. The maximum Gasteiger partial charge on any atom is 0.0682 e. The Bertz CT molecular complexity index is 482. The molecule has 0 aliphatic heterocycles. The molecular formula is C13H17NS2. The van der Waals surface area contributed by atoms with Crippen LogP contribution in [0.15, 0.2) is 17.5 Å². The second kappa shape index (κ2) is 4.70. The fourth-order valence-electron chi connectivity index (χ4n) is 2.05. The predicted octanol–water partition coefficient (Wildman–Crippen LogP) is 4.04. The number of hydrogen-bond donors (Lipinski definition) is 1. The number of aryl methyl sites for hydroxylation is 3. The van der Waals surface area contributed by atoms with Crippen LogP contribution in [-0.2, 0) is 0 Å². The van der Waals surface area contributed by atoms with Crippen LogP contribution in [-0.4, -0.2) is 7.05 Å².